The lowest BCUT2D eigenvalue weighted by Crippen LogP contribution is -2.22. The Kier molecular flexibility index (Phi) is 6.42. The number of hydrogen-bond acceptors (Lipinski definition) is 2. The normalized spacial score (nSPS) is 10.5. The lowest BCUT2D eigenvalue weighted by Gasteiger charge is -2.09. The van der Waals surface area contributed by atoms with E-state index in [0.29, 0.717) is 30.3 Å². The molecule has 0 aliphatic rings. The third kappa shape index (κ3) is 5.45. The molecule has 3 aromatic rings. The minimum atomic E-state index is -0.141. The van der Waals surface area contributed by atoms with Crippen LogP contribution in [-0.2, 0) is 24.5 Å². The fourth-order valence-corrected chi connectivity index (χ4v) is 2.79. The smallest absolute Gasteiger partial charge is 0.251 e. The molecular formula is C22H20ClNO2. The second kappa shape index (κ2) is 9.18. The molecule has 26 heavy (non-hydrogen) atoms. The van der Waals surface area contributed by atoms with Gasteiger partial charge in [0.2, 0.25) is 0 Å². The Morgan fingerprint density at radius 2 is 1.50 bits per heavy atom. The summed E-state index contributed by atoms with van der Waals surface area (Å²) in [6.07, 6.45) is 0. The fraction of sp³-hybridized carbons (Fsp3) is 0.136. The van der Waals surface area contributed by atoms with Crippen LogP contribution in [0.2, 0.25) is 5.02 Å². The molecule has 0 saturated heterocycles. The fourth-order valence-electron chi connectivity index (χ4n) is 2.60. The minimum absolute atomic E-state index is 0.141. The van der Waals surface area contributed by atoms with Gasteiger partial charge in [-0.05, 0) is 34.9 Å². The van der Waals surface area contributed by atoms with Crippen molar-refractivity contribution in [3.63, 3.8) is 0 Å². The van der Waals surface area contributed by atoms with Crippen molar-refractivity contribution in [2.45, 2.75) is 19.8 Å². The molecule has 0 fully saturated rings. The summed E-state index contributed by atoms with van der Waals surface area (Å²) in [5.41, 5.74) is 3.81. The zero-order valence-corrected chi connectivity index (χ0v) is 15.1. The van der Waals surface area contributed by atoms with E-state index >= 15 is 0 Å². The molecule has 0 spiro atoms. The monoisotopic (exact) mass is 365 g/mol. The molecule has 3 rings (SSSR count). The van der Waals surface area contributed by atoms with Gasteiger partial charge in [0.1, 0.15) is 0 Å². The number of nitrogens with one attached hydrogen (secondary N) is 1. The first-order valence-electron chi connectivity index (χ1n) is 8.44. The van der Waals surface area contributed by atoms with Crippen LogP contribution in [0, 0.1) is 0 Å². The van der Waals surface area contributed by atoms with Crippen LogP contribution in [0.4, 0.5) is 0 Å². The second-order valence-electron chi connectivity index (χ2n) is 5.99. The van der Waals surface area contributed by atoms with Crippen molar-refractivity contribution in [3.8, 4) is 0 Å². The van der Waals surface area contributed by atoms with Crippen LogP contribution in [0.1, 0.15) is 27.0 Å². The maximum absolute atomic E-state index is 12.2. The highest BCUT2D eigenvalue weighted by Gasteiger charge is 2.06. The van der Waals surface area contributed by atoms with Crippen LogP contribution in [-0.4, -0.2) is 5.91 Å². The standard InChI is InChI=1S/C22H20ClNO2/c23-21-11-5-10-20(13-21)22(25)24-14-18-8-4-9-19(12-18)16-26-15-17-6-2-1-3-7-17/h1-13H,14-16H2,(H,24,25). The Hall–Kier alpha value is -2.62. The van der Waals surface area contributed by atoms with E-state index in [9.17, 15) is 4.79 Å². The van der Waals surface area contributed by atoms with E-state index in [-0.39, 0.29) is 5.91 Å². The molecule has 0 atom stereocenters. The average molecular weight is 366 g/mol. The van der Waals surface area contributed by atoms with Crippen LogP contribution in [0.3, 0.4) is 0 Å². The summed E-state index contributed by atoms with van der Waals surface area (Å²) in [7, 11) is 0. The van der Waals surface area contributed by atoms with E-state index in [1.807, 2.05) is 54.6 Å². The summed E-state index contributed by atoms with van der Waals surface area (Å²) in [6, 6.07) is 25.0. The molecule has 0 unspecified atom stereocenters. The highest BCUT2D eigenvalue weighted by molar-refractivity contribution is 6.30. The molecule has 1 N–H and O–H groups in total. The van der Waals surface area contributed by atoms with Gasteiger partial charge >= 0.3 is 0 Å². The number of rotatable bonds is 7. The van der Waals surface area contributed by atoms with Crippen molar-refractivity contribution in [1.82, 2.24) is 5.32 Å². The lowest BCUT2D eigenvalue weighted by atomic mass is 10.1. The molecule has 4 heteroatoms. The number of amides is 1. The van der Waals surface area contributed by atoms with Crippen LogP contribution >= 0.6 is 11.6 Å². The Labute approximate surface area is 158 Å². The zero-order chi connectivity index (χ0) is 18.2. The molecule has 0 saturated carbocycles. The van der Waals surface area contributed by atoms with Gasteiger partial charge in [0, 0.05) is 17.1 Å². The van der Waals surface area contributed by atoms with Gasteiger partial charge in [0.05, 0.1) is 13.2 Å². The molecule has 3 nitrogen and oxygen atoms in total. The highest BCUT2D eigenvalue weighted by Crippen LogP contribution is 2.12. The summed E-state index contributed by atoms with van der Waals surface area (Å²) in [5, 5.41) is 3.46. The highest BCUT2D eigenvalue weighted by atomic mass is 35.5. The van der Waals surface area contributed by atoms with Crippen LogP contribution in [0.5, 0.6) is 0 Å². The predicted octanol–water partition coefficient (Wildman–Crippen LogP) is 4.99. The van der Waals surface area contributed by atoms with Crippen molar-refractivity contribution in [3.05, 3.63) is 106 Å². The molecule has 0 aliphatic carbocycles. The summed E-state index contributed by atoms with van der Waals surface area (Å²) < 4.78 is 5.77. The molecule has 0 aliphatic heterocycles. The summed E-state index contributed by atoms with van der Waals surface area (Å²) in [6.45, 7) is 1.57. The van der Waals surface area contributed by atoms with Gasteiger partial charge in [-0.15, -0.1) is 0 Å². The average Bonchev–Trinajstić information content (AvgIpc) is 2.67. The number of ether oxygens (including phenoxy) is 1. The van der Waals surface area contributed by atoms with Gasteiger partial charge in [-0.1, -0.05) is 72.3 Å². The van der Waals surface area contributed by atoms with E-state index in [1.54, 1.807) is 24.3 Å². The third-order valence-corrected chi connectivity index (χ3v) is 4.15. The van der Waals surface area contributed by atoms with Gasteiger partial charge in [-0.3, -0.25) is 4.79 Å². The molecular weight excluding hydrogens is 346 g/mol. The van der Waals surface area contributed by atoms with Crippen molar-refractivity contribution in [1.29, 1.82) is 0 Å². The summed E-state index contributed by atoms with van der Waals surface area (Å²) >= 11 is 5.93. The largest absolute Gasteiger partial charge is 0.372 e. The lowest BCUT2D eigenvalue weighted by molar-refractivity contribution is 0.0951. The molecule has 0 bridgehead atoms. The molecule has 0 heterocycles. The minimum Gasteiger partial charge on any atom is -0.372 e. The Balaban J connectivity index is 1.51. The zero-order valence-electron chi connectivity index (χ0n) is 14.3. The van der Waals surface area contributed by atoms with Crippen molar-refractivity contribution in [2.75, 3.05) is 0 Å². The maximum Gasteiger partial charge on any atom is 0.251 e. The topological polar surface area (TPSA) is 38.3 Å². The van der Waals surface area contributed by atoms with Crippen molar-refractivity contribution >= 4 is 17.5 Å². The van der Waals surface area contributed by atoms with E-state index in [0.717, 1.165) is 16.7 Å². The number of benzene rings is 3. The van der Waals surface area contributed by atoms with E-state index in [4.69, 9.17) is 16.3 Å². The van der Waals surface area contributed by atoms with Gasteiger partial charge in [-0.2, -0.15) is 0 Å². The van der Waals surface area contributed by atoms with Crippen molar-refractivity contribution < 1.29 is 9.53 Å². The first-order valence-corrected chi connectivity index (χ1v) is 8.82. The molecule has 1 amide bonds. The van der Waals surface area contributed by atoms with Gasteiger partial charge < -0.3 is 10.1 Å². The molecule has 132 valence electrons. The predicted molar refractivity (Wildman–Crippen MR) is 104 cm³/mol. The van der Waals surface area contributed by atoms with Crippen LogP contribution < -0.4 is 5.32 Å². The first-order chi connectivity index (χ1) is 12.7. The van der Waals surface area contributed by atoms with E-state index in [1.165, 1.54) is 0 Å². The summed E-state index contributed by atoms with van der Waals surface area (Å²) in [4.78, 5) is 12.2. The van der Waals surface area contributed by atoms with Gasteiger partial charge in [0.25, 0.3) is 5.91 Å². The molecule has 0 aromatic heterocycles. The second-order valence-corrected chi connectivity index (χ2v) is 6.43. The Bertz CT molecular complexity index is 865. The third-order valence-electron chi connectivity index (χ3n) is 3.91. The quantitative estimate of drug-likeness (QED) is 0.640. The molecule has 0 radical (unpaired) electrons. The number of carbonyl (C=O) groups excluding carboxylic acids is 1. The SMILES string of the molecule is O=C(NCc1cccc(COCc2ccccc2)c1)c1cccc(Cl)c1. The van der Waals surface area contributed by atoms with E-state index in [2.05, 4.69) is 5.32 Å². The van der Waals surface area contributed by atoms with Crippen LogP contribution in [0.25, 0.3) is 0 Å². The first kappa shape index (κ1) is 18.2. The van der Waals surface area contributed by atoms with E-state index < -0.39 is 0 Å². The van der Waals surface area contributed by atoms with Crippen molar-refractivity contribution in [2.24, 2.45) is 0 Å². The number of halogens is 1. The Morgan fingerprint density at radius 1 is 0.808 bits per heavy atom. The van der Waals surface area contributed by atoms with Gasteiger partial charge in [-0.25, -0.2) is 0 Å². The number of carbonyl (C=O) groups is 1. The summed E-state index contributed by atoms with van der Waals surface area (Å²) in [5.74, 6) is -0.141. The molecule has 3 aromatic carbocycles. The number of hydrogen-bond donors (Lipinski definition) is 1. The van der Waals surface area contributed by atoms with Gasteiger partial charge in [0.15, 0.2) is 0 Å². The Morgan fingerprint density at radius 3 is 2.31 bits per heavy atom. The van der Waals surface area contributed by atoms with Crippen LogP contribution in [0.15, 0.2) is 78.9 Å². The maximum atomic E-state index is 12.2.